The fourth-order valence-electron chi connectivity index (χ4n) is 2.32. The highest BCUT2D eigenvalue weighted by Crippen LogP contribution is 2.23. The highest BCUT2D eigenvalue weighted by atomic mass is 15.3. The number of aryl methyl sites for hydroxylation is 1. The molecule has 1 aromatic rings. The molecule has 1 fully saturated rings. The zero-order valence-corrected chi connectivity index (χ0v) is 9.39. The van der Waals surface area contributed by atoms with E-state index in [2.05, 4.69) is 14.5 Å². The van der Waals surface area contributed by atoms with Crippen molar-refractivity contribution in [1.29, 1.82) is 0 Å². The van der Waals surface area contributed by atoms with Crippen LogP contribution in [-0.4, -0.2) is 29.2 Å². The van der Waals surface area contributed by atoms with Gasteiger partial charge in [-0.15, -0.1) is 0 Å². The lowest BCUT2D eigenvalue weighted by Crippen LogP contribution is -2.35. The minimum atomic E-state index is 0.825. The molecule has 15 heavy (non-hydrogen) atoms. The smallest absolute Gasteiger partial charge is 0.205 e. The molecule has 0 amide bonds. The maximum absolute atomic E-state index is 5.58. The quantitative estimate of drug-likeness (QED) is 0.805. The molecule has 0 spiro atoms. The van der Waals surface area contributed by atoms with E-state index >= 15 is 0 Å². The van der Waals surface area contributed by atoms with Crippen LogP contribution in [0.3, 0.4) is 0 Å². The minimum Gasteiger partial charge on any atom is -0.342 e. The van der Waals surface area contributed by atoms with Crippen molar-refractivity contribution in [1.82, 2.24) is 9.55 Å². The van der Waals surface area contributed by atoms with Crippen LogP contribution in [0, 0.1) is 5.92 Å². The van der Waals surface area contributed by atoms with Crippen molar-refractivity contribution in [3.05, 3.63) is 12.4 Å². The van der Waals surface area contributed by atoms with Crippen LogP contribution in [0.1, 0.15) is 19.3 Å². The van der Waals surface area contributed by atoms with E-state index < -0.39 is 0 Å². The number of nitrogens with two attached hydrogens (primary N) is 1. The molecule has 1 saturated heterocycles. The van der Waals surface area contributed by atoms with E-state index in [4.69, 9.17) is 5.73 Å². The third-order valence-electron chi connectivity index (χ3n) is 3.27. The lowest BCUT2D eigenvalue weighted by Gasteiger charge is -2.32. The zero-order chi connectivity index (χ0) is 10.7. The van der Waals surface area contributed by atoms with Crippen molar-refractivity contribution in [3.8, 4) is 0 Å². The fourth-order valence-corrected chi connectivity index (χ4v) is 2.32. The van der Waals surface area contributed by atoms with Gasteiger partial charge >= 0.3 is 0 Å². The molecule has 0 unspecified atom stereocenters. The molecular formula is C11H20N4. The summed E-state index contributed by atoms with van der Waals surface area (Å²) in [5.74, 6) is 1.92. The third-order valence-corrected chi connectivity index (χ3v) is 3.27. The third kappa shape index (κ3) is 2.31. The SMILES string of the molecule is Cn1ccnc1N1CCC(CCN)CC1. The normalized spacial score (nSPS) is 18.4. The van der Waals surface area contributed by atoms with Crippen LogP contribution in [0.4, 0.5) is 5.95 Å². The van der Waals surface area contributed by atoms with Crippen LogP contribution >= 0.6 is 0 Å². The summed E-state index contributed by atoms with van der Waals surface area (Å²) in [6.07, 6.45) is 7.55. The average Bonchev–Trinajstić information content (AvgIpc) is 2.66. The van der Waals surface area contributed by atoms with Crippen LogP contribution in [0.2, 0.25) is 0 Å². The molecule has 4 nitrogen and oxygen atoms in total. The second kappa shape index (κ2) is 4.66. The van der Waals surface area contributed by atoms with Gasteiger partial charge in [0.05, 0.1) is 0 Å². The summed E-state index contributed by atoms with van der Waals surface area (Å²) in [6.45, 7) is 3.07. The fraction of sp³-hybridized carbons (Fsp3) is 0.727. The summed E-state index contributed by atoms with van der Waals surface area (Å²) in [5.41, 5.74) is 5.58. The van der Waals surface area contributed by atoms with E-state index in [1.165, 1.54) is 19.3 Å². The number of piperidine rings is 1. The molecule has 1 aromatic heterocycles. The molecular weight excluding hydrogens is 188 g/mol. The van der Waals surface area contributed by atoms with Gasteiger partial charge in [-0.3, -0.25) is 0 Å². The van der Waals surface area contributed by atoms with Crippen LogP contribution < -0.4 is 10.6 Å². The van der Waals surface area contributed by atoms with Crippen LogP contribution in [0.25, 0.3) is 0 Å². The van der Waals surface area contributed by atoms with Crippen molar-refractivity contribution in [3.63, 3.8) is 0 Å². The average molecular weight is 208 g/mol. The van der Waals surface area contributed by atoms with Crippen molar-refractivity contribution in [2.45, 2.75) is 19.3 Å². The molecule has 0 saturated carbocycles. The van der Waals surface area contributed by atoms with E-state index in [1.807, 2.05) is 19.4 Å². The largest absolute Gasteiger partial charge is 0.342 e. The van der Waals surface area contributed by atoms with E-state index in [0.717, 1.165) is 31.5 Å². The van der Waals surface area contributed by atoms with Gasteiger partial charge in [-0.2, -0.15) is 0 Å². The van der Waals surface area contributed by atoms with E-state index in [1.54, 1.807) is 0 Å². The van der Waals surface area contributed by atoms with Crippen molar-refractivity contribution in [2.24, 2.45) is 18.7 Å². The Labute approximate surface area is 91.1 Å². The summed E-state index contributed by atoms with van der Waals surface area (Å²) in [6, 6.07) is 0. The number of aromatic nitrogens is 2. The molecule has 2 N–H and O–H groups in total. The van der Waals surface area contributed by atoms with Crippen LogP contribution in [0.5, 0.6) is 0 Å². The number of anilines is 1. The second-order valence-corrected chi connectivity index (χ2v) is 4.35. The molecule has 0 atom stereocenters. The lowest BCUT2D eigenvalue weighted by molar-refractivity contribution is 0.382. The maximum Gasteiger partial charge on any atom is 0.205 e. The van der Waals surface area contributed by atoms with Gasteiger partial charge in [0.25, 0.3) is 0 Å². The molecule has 0 radical (unpaired) electrons. The molecule has 4 heteroatoms. The Bertz CT molecular complexity index is 299. The predicted molar refractivity (Wildman–Crippen MR) is 61.8 cm³/mol. The molecule has 1 aliphatic heterocycles. The van der Waals surface area contributed by atoms with Crippen LogP contribution in [-0.2, 0) is 7.05 Å². The van der Waals surface area contributed by atoms with Crippen LogP contribution in [0.15, 0.2) is 12.4 Å². The Morgan fingerprint density at radius 1 is 1.47 bits per heavy atom. The Balaban J connectivity index is 1.91. The first-order valence-electron chi connectivity index (χ1n) is 5.73. The molecule has 1 aliphatic rings. The van der Waals surface area contributed by atoms with E-state index in [0.29, 0.717) is 0 Å². The summed E-state index contributed by atoms with van der Waals surface area (Å²) < 4.78 is 2.09. The second-order valence-electron chi connectivity index (χ2n) is 4.35. The van der Waals surface area contributed by atoms with E-state index in [-0.39, 0.29) is 0 Å². The van der Waals surface area contributed by atoms with Crippen molar-refractivity contribution >= 4 is 5.95 Å². The number of imidazole rings is 1. The van der Waals surface area contributed by atoms with Gasteiger partial charge in [-0.25, -0.2) is 4.98 Å². The summed E-state index contributed by atoms with van der Waals surface area (Å²) in [5, 5.41) is 0. The highest BCUT2D eigenvalue weighted by Gasteiger charge is 2.20. The van der Waals surface area contributed by atoms with Gasteiger partial charge in [0, 0.05) is 32.5 Å². The summed E-state index contributed by atoms with van der Waals surface area (Å²) >= 11 is 0. The predicted octanol–water partition coefficient (Wildman–Crippen LogP) is 0.985. The van der Waals surface area contributed by atoms with Gasteiger partial charge in [-0.1, -0.05) is 0 Å². The number of nitrogens with zero attached hydrogens (tertiary/aromatic N) is 3. The molecule has 0 bridgehead atoms. The van der Waals surface area contributed by atoms with Gasteiger partial charge < -0.3 is 15.2 Å². The Kier molecular flexibility index (Phi) is 3.26. The number of hydrogen-bond donors (Lipinski definition) is 1. The first-order valence-corrected chi connectivity index (χ1v) is 5.73. The molecule has 2 heterocycles. The minimum absolute atomic E-state index is 0.825. The van der Waals surface area contributed by atoms with E-state index in [9.17, 15) is 0 Å². The molecule has 0 aliphatic carbocycles. The Morgan fingerprint density at radius 2 is 2.20 bits per heavy atom. The number of hydrogen-bond acceptors (Lipinski definition) is 3. The molecule has 84 valence electrons. The van der Waals surface area contributed by atoms with Gasteiger partial charge in [0.15, 0.2) is 0 Å². The monoisotopic (exact) mass is 208 g/mol. The van der Waals surface area contributed by atoms with Gasteiger partial charge in [0.1, 0.15) is 0 Å². The van der Waals surface area contributed by atoms with Gasteiger partial charge in [0.2, 0.25) is 5.95 Å². The highest BCUT2D eigenvalue weighted by molar-refractivity contribution is 5.31. The maximum atomic E-state index is 5.58. The first-order chi connectivity index (χ1) is 7.31. The van der Waals surface area contributed by atoms with Gasteiger partial charge in [-0.05, 0) is 31.7 Å². The Morgan fingerprint density at radius 3 is 2.73 bits per heavy atom. The lowest BCUT2D eigenvalue weighted by atomic mass is 9.94. The van der Waals surface area contributed by atoms with Crippen molar-refractivity contribution < 1.29 is 0 Å². The molecule has 2 rings (SSSR count). The first kappa shape index (κ1) is 10.5. The Hall–Kier alpha value is -1.03. The number of rotatable bonds is 3. The molecule has 0 aromatic carbocycles. The standard InChI is InChI=1S/C11H20N4/c1-14-9-6-13-11(14)15-7-3-10(2-5-12)4-8-15/h6,9-10H,2-5,7-8,12H2,1H3. The zero-order valence-electron chi connectivity index (χ0n) is 9.39. The summed E-state index contributed by atoms with van der Waals surface area (Å²) in [4.78, 5) is 6.74. The van der Waals surface area contributed by atoms with Crippen molar-refractivity contribution in [2.75, 3.05) is 24.5 Å². The summed E-state index contributed by atoms with van der Waals surface area (Å²) in [7, 11) is 2.05. The topological polar surface area (TPSA) is 47.1 Å².